The second kappa shape index (κ2) is 8.77. The fraction of sp³-hybridized carbons (Fsp3) is 0.273. The topological polar surface area (TPSA) is 91.7 Å². The minimum Gasteiger partial charge on any atom is -0.342 e. The molecule has 0 spiro atoms. The maximum Gasteiger partial charge on any atom is 0.317 e. The van der Waals surface area contributed by atoms with Crippen LogP contribution in [0, 0.1) is 0 Å². The second-order valence-electron chi connectivity index (χ2n) is 7.25. The molecule has 0 unspecified atom stereocenters. The summed E-state index contributed by atoms with van der Waals surface area (Å²) in [7, 11) is 1.81. The molecular weight excluding hydrogens is 378 g/mol. The molecule has 154 valence electrons. The van der Waals surface area contributed by atoms with Crippen LogP contribution in [0.3, 0.4) is 0 Å². The number of imidazole rings is 1. The highest BCUT2D eigenvalue weighted by atomic mass is 16.2. The van der Waals surface area contributed by atoms with Gasteiger partial charge >= 0.3 is 6.03 Å². The average Bonchev–Trinajstić information content (AvgIpc) is 3.45. The van der Waals surface area contributed by atoms with Gasteiger partial charge in [-0.15, -0.1) is 0 Å². The fourth-order valence-electron chi connectivity index (χ4n) is 3.35. The molecule has 0 saturated carbocycles. The first-order chi connectivity index (χ1) is 14.6. The molecule has 2 aromatic heterocycles. The summed E-state index contributed by atoms with van der Waals surface area (Å²) >= 11 is 0. The van der Waals surface area contributed by atoms with Gasteiger partial charge in [0.15, 0.2) is 0 Å². The van der Waals surface area contributed by atoms with Crippen LogP contribution < -0.4 is 5.32 Å². The summed E-state index contributed by atoms with van der Waals surface area (Å²) in [5.41, 5.74) is 4.00. The number of nitrogens with zero attached hydrogens (tertiary/aromatic N) is 5. The molecule has 4 aromatic rings. The van der Waals surface area contributed by atoms with Crippen molar-refractivity contribution in [1.82, 2.24) is 34.9 Å². The molecule has 2 N–H and O–H groups in total. The Bertz CT molecular complexity index is 1070. The standard InChI is InChI=1S/C22H25N7O/c1-16(17-9-11-18(12-10-17)29-15-23-14-25-29)28(2)22(30)24-13-5-8-21-26-19-6-3-4-7-20(19)27-21/h3-4,6-7,9-12,14-16H,5,8,13H2,1-2H3,(H,24,30)(H,26,27)/t16-/m0/s1. The van der Waals surface area contributed by atoms with Gasteiger partial charge < -0.3 is 15.2 Å². The van der Waals surface area contributed by atoms with Crippen molar-refractivity contribution >= 4 is 17.1 Å². The van der Waals surface area contributed by atoms with Crippen molar-refractivity contribution in [3.63, 3.8) is 0 Å². The Kier molecular flexibility index (Phi) is 5.74. The monoisotopic (exact) mass is 403 g/mol. The molecular formula is C22H25N7O. The van der Waals surface area contributed by atoms with E-state index >= 15 is 0 Å². The molecule has 0 aliphatic heterocycles. The normalized spacial score (nSPS) is 12.1. The van der Waals surface area contributed by atoms with E-state index in [1.807, 2.05) is 62.5 Å². The average molecular weight is 403 g/mol. The molecule has 0 aliphatic rings. The molecule has 2 aromatic carbocycles. The van der Waals surface area contributed by atoms with Gasteiger partial charge in [-0.1, -0.05) is 24.3 Å². The van der Waals surface area contributed by atoms with Crippen LogP contribution in [0.25, 0.3) is 16.7 Å². The first kappa shape index (κ1) is 19.6. The number of carbonyl (C=O) groups is 1. The van der Waals surface area contributed by atoms with Crippen LogP contribution in [0.4, 0.5) is 4.79 Å². The summed E-state index contributed by atoms with van der Waals surface area (Å²) in [6.45, 7) is 2.61. The highest BCUT2D eigenvalue weighted by molar-refractivity contribution is 5.75. The van der Waals surface area contributed by atoms with Crippen LogP contribution in [0.1, 0.15) is 30.8 Å². The zero-order valence-corrected chi connectivity index (χ0v) is 17.1. The van der Waals surface area contributed by atoms with Crippen molar-refractivity contribution < 1.29 is 4.79 Å². The quantitative estimate of drug-likeness (QED) is 0.462. The highest BCUT2D eigenvalue weighted by Crippen LogP contribution is 2.20. The van der Waals surface area contributed by atoms with E-state index in [0.717, 1.165) is 41.0 Å². The number of amides is 2. The zero-order valence-electron chi connectivity index (χ0n) is 17.1. The molecule has 0 fully saturated rings. The number of H-pyrrole nitrogens is 1. The van der Waals surface area contributed by atoms with Crippen LogP contribution in [0.2, 0.25) is 0 Å². The van der Waals surface area contributed by atoms with E-state index in [9.17, 15) is 4.79 Å². The Labute approximate surface area is 175 Å². The van der Waals surface area contributed by atoms with E-state index in [1.165, 1.54) is 6.33 Å². The molecule has 1 atom stereocenters. The third-order valence-corrected chi connectivity index (χ3v) is 5.27. The summed E-state index contributed by atoms with van der Waals surface area (Å²) in [5, 5.41) is 7.12. The summed E-state index contributed by atoms with van der Waals surface area (Å²) < 4.78 is 1.70. The highest BCUT2D eigenvalue weighted by Gasteiger charge is 2.17. The van der Waals surface area contributed by atoms with Gasteiger partial charge in [0.05, 0.1) is 22.8 Å². The fourth-order valence-corrected chi connectivity index (χ4v) is 3.35. The molecule has 8 nitrogen and oxygen atoms in total. The Hall–Kier alpha value is -3.68. The number of rotatable bonds is 7. The van der Waals surface area contributed by atoms with E-state index in [-0.39, 0.29) is 12.1 Å². The Morgan fingerprint density at radius 2 is 2.00 bits per heavy atom. The maximum absolute atomic E-state index is 12.5. The SMILES string of the molecule is C[C@@H](c1ccc(-n2cncn2)cc1)N(C)C(=O)NCCCc1nc2ccccc2[nH]1. The molecule has 0 aliphatic carbocycles. The number of hydrogen-bond donors (Lipinski definition) is 2. The largest absolute Gasteiger partial charge is 0.342 e. The van der Waals surface area contributed by atoms with Gasteiger partial charge in [0.25, 0.3) is 0 Å². The van der Waals surface area contributed by atoms with E-state index in [0.29, 0.717) is 6.54 Å². The van der Waals surface area contributed by atoms with Crippen molar-refractivity contribution in [2.45, 2.75) is 25.8 Å². The summed E-state index contributed by atoms with van der Waals surface area (Å²) in [6, 6.07) is 15.8. The Morgan fingerprint density at radius 3 is 2.73 bits per heavy atom. The number of fused-ring (bicyclic) bond motifs is 1. The van der Waals surface area contributed by atoms with Crippen molar-refractivity contribution in [1.29, 1.82) is 0 Å². The number of hydrogen-bond acceptors (Lipinski definition) is 4. The van der Waals surface area contributed by atoms with Gasteiger partial charge in [-0.25, -0.2) is 19.4 Å². The molecule has 2 amide bonds. The van der Waals surface area contributed by atoms with Crippen LogP contribution in [-0.2, 0) is 6.42 Å². The third-order valence-electron chi connectivity index (χ3n) is 5.27. The van der Waals surface area contributed by atoms with E-state index in [4.69, 9.17) is 0 Å². The first-order valence-electron chi connectivity index (χ1n) is 10.0. The molecule has 0 saturated heterocycles. The van der Waals surface area contributed by atoms with Gasteiger partial charge in [0, 0.05) is 20.0 Å². The molecule has 2 heterocycles. The van der Waals surface area contributed by atoms with E-state index < -0.39 is 0 Å². The number of para-hydroxylation sites is 2. The lowest BCUT2D eigenvalue weighted by atomic mass is 10.1. The minimum absolute atomic E-state index is 0.0508. The van der Waals surface area contributed by atoms with Crippen molar-refractivity contribution in [2.24, 2.45) is 0 Å². The summed E-state index contributed by atoms with van der Waals surface area (Å²) in [5.74, 6) is 0.944. The lowest BCUT2D eigenvalue weighted by Crippen LogP contribution is -2.39. The van der Waals surface area contributed by atoms with E-state index in [1.54, 1.807) is 15.9 Å². The van der Waals surface area contributed by atoms with E-state index in [2.05, 4.69) is 25.4 Å². The third kappa shape index (κ3) is 4.32. The lowest BCUT2D eigenvalue weighted by Gasteiger charge is -2.25. The summed E-state index contributed by atoms with van der Waals surface area (Å²) in [6.07, 6.45) is 4.77. The molecule has 30 heavy (non-hydrogen) atoms. The maximum atomic E-state index is 12.5. The smallest absolute Gasteiger partial charge is 0.317 e. The number of aromatic amines is 1. The lowest BCUT2D eigenvalue weighted by molar-refractivity contribution is 0.194. The predicted molar refractivity (Wildman–Crippen MR) is 115 cm³/mol. The van der Waals surface area contributed by atoms with Crippen molar-refractivity contribution in [3.8, 4) is 5.69 Å². The van der Waals surface area contributed by atoms with Gasteiger partial charge in [-0.3, -0.25) is 0 Å². The Balaban J connectivity index is 1.26. The Morgan fingerprint density at radius 1 is 1.20 bits per heavy atom. The van der Waals surface area contributed by atoms with Crippen LogP contribution in [0.5, 0.6) is 0 Å². The molecule has 8 heteroatoms. The predicted octanol–water partition coefficient (Wildman–Crippen LogP) is 3.48. The second-order valence-corrected chi connectivity index (χ2v) is 7.25. The molecule has 0 radical (unpaired) electrons. The molecule has 0 bridgehead atoms. The number of carbonyl (C=O) groups excluding carboxylic acids is 1. The van der Waals surface area contributed by atoms with Crippen LogP contribution in [-0.4, -0.2) is 49.3 Å². The number of benzene rings is 2. The van der Waals surface area contributed by atoms with Crippen LogP contribution >= 0.6 is 0 Å². The number of aryl methyl sites for hydroxylation is 1. The molecule has 4 rings (SSSR count). The van der Waals surface area contributed by atoms with Gasteiger partial charge in [0.1, 0.15) is 18.5 Å². The van der Waals surface area contributed by atoms with Crippen LogP contribution in [0.15, 0.2) is 61.2 Å². The first-order valence-corrected chi connectivity index (χ1v) is 10.0. The van der Waals surface area contributed by atoms with Gasteiger partial charge in [-0.05, 0) is 43.2 Å². The zero-order chi connectivity index (χ0) is 20.9. The number of aromatic nitrogens is 5. The van der Waals surface area contributed by atoms with Crippen molar-refractivity contribution in [2.75, 3.05) is 13.6 Å². The van der Waals surface area contributed by atoms with Gasteiger partial charge in [0.2, 0.25) is 0 Å². The minimum atomic E-state index is -0.0903. The number of urea groups is 1. The van der Waals surface area contributed by atoms with Crippen molar-refractivity contribution in [3.05, 3.63) is 72.6 Å². The summed E-state index contributed by atoms with van der Waals surface area (Å²) in [4.78, 5) is 26.1. The number of nitrogens with one attached hydrogen (secondary N) is 2. The van der Waals surface area contributed by atoms with Gasteiger partial charge in [-0.2, -0.15) is 5.10 Å².